The third-order valence-electron chi connectivity index (χ3n) is 4.88. The Balaban J connectivity index is 2.77. The highest BCUT2D eigenvalue weighted by Gasteiger charge is 2.23. The molecule has 2 atom stereocenters. The van der Waals surface area contributed by atoms with E-state index in [1.807, 2.05) is 13.0 Å². The largest absolute Gasteiger partial charge is 0.466 e. The maximum atomic E-state index is 12.0. The molecule has 0 bridgehead atoms. The fraction of sp³-hybridized carbons (Fsp3) is 0.800. The Labute approximate surface area is 147 Å². The molecule has 1 rings (SSSR count). The number of hydrogen-bond donors (Lipinski definition) is 0. The summed E-state index contributed by atoms with van der Waals surface area (Å²) in [6, 6.07) is 0. The monoisotopic (exact) mass is 338 g/mol. The lowest BCUT2D eigenvalue weighted by Crippen LogP contribution is -2.19. The van der Waals surface area contributed by atoms with Crippen molar-refractivity contribution in [1.82, 2.24) is 0 Å². The van der Waals surface area contributed by atoms with Crippen LogP contribution < -0.4 is 0 Å². The van der Waals surface area contributed by atoms with E-state index in [9.17, 15) is 9.59 Å². The molecule has 0 aliphatic heterocycles. The van der Waals surface area contributed by atoms with E-state index in [-0.39, 0.29) is 23.8 Å². The Morgan fingerprint density at radius 1 is 0.958 bits per heavy atom. The van der Waals surface area contributed by atoms with Gasteiger partial charge >= 0.3 is 11.9 Å². The normalized spacial score (nSPS) is 23.9. The SMILES string of the molecule is CCOC(=O)CC1CCCCCCCCCCC1/C=C/C(=O)OC. The van der Waals surface area contributed by atoms with Crippen LogP contribution in [0.15, 0.2) is 12.2 Å². The number of esters is 2. The second-order valence-corrected chi connectivity index (χ2v) is 6.72. The van der Waals surface area contributed by atoms with Crippen molar-refractivity contribution in [3.05, 3.63) is 12.2 Å². The van der Waals surface area contributed by atoms with Crippen LogP contribution in [0.3, 0.4) is 0 Å². The minimum Gasteiger partial charge on any atom is -0.466 e. The second-order valence-electron chi connectivity index (χ2n) is 6.72. The fourth-order valence-electron chi connectivity index (χ4n) is 3.51. The van der Waals surface area contributed by atoms with E-state index >= 15 is 0 Å². The van der Waals surface area contributed by atoms with Crippen molar-refractivity contribution >= 4 is 11.9 Å². The van der Waals surface area contributed by atoms with Crippen molar-refractivity contribution in [3.63, 3.8) is 0 Å². The molecule has 4 heteroatoms. The van der Waals surface area contributed by atoms with Crippen LogP contribution in [-0.4, -0.2) is 25.7 Å². The number of hydrogen-bond acceptors (Lipinski definition) is 4. The molecule has 1 fully saturated rings. The molecule has 4 nitrogen and oxygen atoms in total. The van der Waals surface area contributed by atoms with E-state index in [1.165, 1.54) is 51.7 Å². The maximum absolute atomic E-state index is 12.0. The first-order chi connectivity index (χ1) is 11.7. The second kappa shape index (κ2) is 13.0. The van der Waals surface area contributed by atoms with Gasteiger partial charge in [-0.3, -0.25) is 4.79 Å². The molecule has 1 aliphatic carbocycles. The van der Waals surface area contributed by atoms with Crippen LogP contribution in [0, 0.1) is 11.8 Å². The average molecular weight is 338 g/mol. The van der Waals surface area contributed by atoms with Crippen LogP contribution in [0.4, 0.5) is 0 Å². The zero-order valence-corrected chi connectivity index (χ0v) is 15.4. The van der Waals surface area contributed by atoms with E-state index in [0.29, 0.717) is 13.0 Å². The van der Waals surface area contributed by atoms with Gasteiger partial charge in [0.05, 0.1) is 13.7 Å². The first kappa shape index (κ1) is 20.7. The third kappa shape index (κ3) is 9.09. The Kier molecular flexibility index (Phi) is 11.2. The summed E-state index contributed by atoms with van der Waals surface area (Å²) in [5.41, 5.74) is 0. The molecular formula is C20H34O4. The van der Waals surface area contributed by atoms with Gasteiger partial charge in [0.1, 0.15) is 0 Å². The van der Waals surface area contributed by atoms with Crippen molar-refractivity contribution in [1.29, 1.82) is 0 Å². The van der Waals surface area contributed by atoms with Crippen LogP contribution in [0.1, 0.15) is 77.6 Å². The van der Waals surface area contributed by atoms with Crippen LogP contribution in [0.25, 0.3) is 0 Å². The maximum Gasteiger partial charge on any atom is 0.330 e. The van der Waals surface area contributed by atoms with E-state index in [4.69, 9.17) is 9.47 Å². The number of rotatable bonds is 5. The quantitative estimate of drug-likeness (QED) is 0.533. The van der Waals surface area contributed by atoms with E-state index in [0.717, 1.165) is 25.7 Å². The van der Waals surface area contributed by atoms with Gasteiger partial charge in [0, 0.05) is 12.5 Å². The predicted molar refractivity (Wildman–Crippen MR) is 95.6 cm³/mol. The summed E-state index contributed by atoms with van der Waals surface area (Å²) >= 11 is 0. The minimum absolute atomic E-state index is 0.119. The highest BCUT2D eigenvalue weighted by Crippen LogP contribution is 2.30. The lowest BCUT2D eigenvalue weighted by atomic mass is 9.81. The minimum atomic E-state index is -0.323. The van der Waals surface area contributed by atoms with Crippen molar-refractivity contribution < 1.29 is 19.1 Å². The number of carbonyl (C=O) groups excluding carboxylic acids is 2. The molecule has 1 aliphatic rings. The summed E-state index contributed by atoms with van der Waals surface area (Å²) < 4.78 is 9.87. The molecule has 0 radical (unpaired) electrons. The molecule has 0 heterocycles. The molecular weight excluding hydrogens is 304 g/mol. The van der Waals surface area contributed by atoms with Crippen molar-refractivity contribution in [2.75, 3.05) is 13.7 Å². The number of ether oxygens (including phenoxy) is 2. The molecule has 0 aromatic carbocycles. The van der Waals surface area contributed by atoms with Gasteiger partial charge in [-0.25, -0.2) is 4.79 Å². The van der Waals surface area contributed by atoms with Gasteiger partial charge in [0.2, 0.25) is 0 Å². The van der Waals surface area contributed by atoms with E-state index < -0.39 is 0 Å². The van der Waals surface area contributed by atoms with Gasteiger partial charge in [0.25, 0.3) is 0 Å². The smallest absolute Gasteiger partial charge is 0.330 e. The number of carbonyl (C=O) groups is 2. The first-order valence-electron chi connectivity index (χ1n) is 9.59. The Hall–Kier alpha value is -1.32. The highest BCUT2D eigenvalue weighted by molar-refractivity contribution is 5.81. The van der Waals surface area contributed by atoms with Gasteiger partial charge in [-0.15, -0.1) is 0 Å². The van der Waals surface area contributed by atoms with Crippen molar-refractivity contribution in [2.45, 2.75) is 77.6 Å². The predicted octanol–water partition coefficient (Wildman–Crippen LogP) is 4.82. The Morgan fingerprint density at radius 3 is 2.12 bits per heavy atom. The zero-order chi connectivity index (χ0) is 17.6. The third-order valence-corrected chi connectivity index (χ3v) is 4.88. The average Bonchev–Trinajstić information content (AvgIpc) is 2.56. The standard InChI is InChI=1S/C20H34O4/c1-3-24-20(22)16-18-13-11-9-7-5-4-6-8-10-12-17(18)14-15-19(21)23-2/h14-15,17-18H,3-13,16H2,1-2H3/b15-14+. The zero-order valence-electron chi connectivity index (χ0n) is 15.4. The molecule has 0 aromatic rings. The van der Waals surface area contributed by atoms with Gasteiger partial charge in [-0.2, -0.15) is 0 Å². The molecule has 2 unspecified atom stereocenters. The van der Waals surface area contributed by atoms with Crippen molar-refractivity contribution in [3.8, 4) is 0 Å². The summed E-state index contributed by atoms with van der Waals surface area (Å²) in [4.78, 5) is 23.5. The molecule has 0 aromatic heterocycles. The number of allylic oxidation sites excluding steroid dienone is 1. The first-order valence-corrected chi connectivity index (χ1v) is 9.59. The summed E-state index contributed by atoms with van der Waals surface area (Å²) in [7, 11) is 1.39. The summed E-state index contributed by atoms with van der Waals surface area (Å²) in [6.07, 6.45) is 16.0. The van der Waals surface area contributed by atoms with Gasteiger partial charge in [-0.1, -0.05) is 57.4 Å². The van der Waals surface area contributed by atoms with Gasteiger partial charge in [0.15, 0.2) is 0 Å². The molecule has 24 heavy (non-hydrogen) atoms. The Bertz CT molecular complexity index is 389. The van der Waals surface area contributed by atoms with E-state index in [1.54, 1.807) is 0 Å². The van der Waals surface area contributed by atoms with Gasteiger partial charge < -0.3 is 9.47 Å². The molecule has 1 saturated carbocycles. The molecule has 0 amide bonds. The van der Waals surface area contributed by atoms with Crippen molar-refractivity contribution in [2.24, 2.45) is 11.8 Å². The summed E-state index contributed by atoms with van der Waals surface area (Å²) in [6.45, 7) is 2.27. The van der Waals surface area contributed by atoms with Crippen LogP contribution in [-0.2, 0) is 19.1 Å². The Morgan fingerprint density at radius 2 is 1.54 bits per heavy atom. The van der Waals surface area contributed by atoms with Crippen LogP contribution >= 0.6 is 0 Å². The summed E-state index contributed by atoms with van der Waals surface area (Å²) in [5.74, 6) is 0.0550. The highest BCUT2D eigenvalue weighted by atomic mass is 16.5. The fourth-order valence-corrected chi connectivity index (χ4v) is 3.51. The van der Waals surface area contributed by atoms with Crippen LogP contribution in [0.2, 0.25) is 0 Å². The topological polar surface area (TPSA) is 52.6 Å². The molecule has 138 valence electrons. The molecule has 0 saturated heterocycles. The molecule has 0 N–H and O–H groups in total. The van der Waals surface area contributed by atoms with E-state index in [2.05, 4.69) is 0 Å². The number of methoxy groups -OCH3 is 1. The van der Waals surface area contributed by atoms with Gasteiger partial charge in [-0.05, 0) is 31.6 Å². The lowest BCUT2D eigenvalue weighted by Gasteiger charge is -2.25. The molecule has 0 spiro atoms. The van der Waals surface area contributed by atoms with Crippen LogP contribution in [0.5, 0.6) is 0 Å². The summed E-state index contributed by atoms with van der Waals surface area (Å²) in [5, 5.41) is 0. The lowest BCUT2D eigenvalue weighted by molar-refractivity contribution is -0.144.